The lowest BCUT2D eigenvalue weighted by molar-refractivity contribution is 1.06. The summed E-state index contributed by atoms with van der Waals surface area (Å²) in [5.74, 6) is 0. The fourth-order valence-corrected chi connectivity index (χ4v) is 3.12. The van der Waals surface area contributed by atoms with E-state index in [2.05, 4.69) is 27.0 Å². The fourth-order valence-electron chi connectivity index (χ4n) is 2.13. The van der Waals surface area contributed by atoms with Crippen LogP contribution in [-0.2, 0) is 0 Å². The predicted octanol–water partition coefficient (Wildman–Crippen LogP) is 5.63. The molecule has 0 bridgehead atoms. The molecular formula is C14H6BrCl2N3S. The molecule has 0 saturated heterocycles. The maximum absolute atomic E-state index is 9.33. The van der Waals surface area contributed by atoms with Gasteiger partial charge in [0, 0.05) is 4.47 Å². The first-order valence-corrected chi connectivity index (χ1v) is 7.77. The summed E-state index contributed by atoms with van der Waals surface area (Å²) in [6, 6.07) is 11.0. The zero-order valence-corrected chi connectivity index (χ0v) is 14.2. The van der Waals surface area contributed by atoms with Gasteiger partial charge in [-0.1, -0.05) is 39.1 Å². The summed E-state index contributed by atoms with van der Waals surface area (Å²) in [7, 11) is 0. The number of aromatic amines is 1. The Labute approximate surface area is 143 Å². The molecule has 21 heavy (non-hydrogen) atoms. The standard InChI is InChI=1S/C14H6BrCl2N3S/c15-8-1-2-12(7(3-8)6-18)20-13-5-10(17)9(16)4-11(13)19-14(20)21/h1-5H,(H,19,21). The minimum absolute atomic E-state index is 0.433. The summed E-state index contributed by atoms with van der Waals surface area (Å²) in [4.78, 5) is 3.07. The maximum atomic E-state index is 9.33. The van der Waals surface area contributed by atoms with E-state index in [4.69, 9.17) is 35.4 Å². The van der Waals surface area contributed by atoms with Gasteiger partial charge in [0.15, 0.2) is 4.77 Å². The zero-order chi connectivity index (χ0) is 15.1. The van der Waals surface area contributed by atoms with Crippen LogP contribution in [0.4, 0.5) is 0 Å². The lowest BCUT2D eigenvalue weighted by atomic mass is 10.2. The Morgan fingerprint density at radius 1 is 1.19 bits per heavy atom. The van der Waals surface area contributed by atoms with Gasteiger partial charge >= 0.3 is 0 Å². The molecule has 0 fully saturated rings. The number of nitriles is 1. The van der Waals surface area contributed by atoms with Crippen LogP contribution in [0.5, 0.6) is 0 Å². The average Bonchev–Trinajstić information content (AvgIpc) is 2.75. The Morgan fingerprint density at radius 2 is 1.90 bits per heavy atom. The Bertz CT molecular complexity index is 969. The molecule has 7 heteroatoms. The van der Waals surface area contributed by atoms with Crippen molar-refractivity contribution in [2.45, 2.75) is 0 Å². The third kappa shape index (κ3) is 2.49. The topological polar surface area (TPSA) is 44.5 Å². The van der Waals surface area contributed by atoms with E-state index in [1.54, 1.807) is 22.8 Å². The van der Waals surface area contributed by atoms with Crippen LogP contribution < -0.4 is 0 Å². The number of hydrogen-bond donors (Lipinski definition) is 1. The molecule has 0 aliphatic carbocycles. The highest BCUT2D eigenvalue weighted by molar-refractivity contribution is 9.10. The number of benzene rings is 2. The van der Waals surface area contributed by atoms with Gasteiger partial charge in [-0.15, -0.1) is 0 Å². The van der Waals surface area contributed by atoms with Gasteiger partial charge in [0.1, 0.15) is 6.07 Å². The van der Waals surface area contributed by atoms with E-state index in [-0.39, 0.29) is 0 Å². The normalized spacial score (nSPS) is 10.8. The monoisotopic (exact) mass is 397 g/mol. The van der Waals surface area contributed by atoms with E-state index < -0.39 is 0 Å². The lowest BCUT2D eigenvalue weighted by Gasteiger charge is -2.08. The number of H-pyrrole nitrogens is 1. The molecule has 2 aromatic carbocycles. The Balaban J connectivity index is 2.41. The molecule has 3 rings (SSSR count). The summed E-state index contributed by atoms with van der Waals surface area (Å²) in [6.45, 7) is 0. The lowest BCUT2D eigenvalue weighted by Crippen LogP contribution is -1.97. The Morgan fingerprint density at radius 3 is 2.62 bits per heavy atom. The summed E-state index contributed by atoms with van der Waals surface area (Å²) in [6.07, 6.45) is 0. The minimum atomic E-state index is 0.433. The zero-order valence-electron chi connectivity index (χ0n) is 10.3. The number of fused-ring (bicyclic) bond motifs is 1. The van der Waals surface area contributed by atoms with Crippen molar-refractivity contribution in [3.63, 3.8) is 0 Å². The highest BCUT2D eigenvalue weighted by Gasteiger charge is 2.13. The van der Waals surface area contributed by atoms with Gasteiger partial charge < -0.3 is 4.98 Å². The second-order valence-electron chi connectivity index (χ2n) is 4.32. The van der Waals surface area contributed by atoms with E-state index in [1.165, 1.54) is 0 Å². The van der Waals surface area contributed by atoms with Gasteiger partial charge in [-0.05, 0) is 42.5 Å². The number of rotatable bonds is 1. The van der Waals surface area contributed by atoms with Gasteiger partial charge in [-0.3, -0.25) is 4.57 Å². The van der Waals surface area contributed by atoms with E-state index in [9.17, 15) is 5.26 Å². The summed E-state index contributed by atoms with van der Waals surface area (Å²) < 4.78 is 3.08. The average molecular weight is 399 g/mol. The first kappa shape index (κ1) is 14.6. The molecule has 104 valence electrons. The van der Waals surface area contributed by atoms with Crippen molar-refractivity contribution in [2.24, 2.45) is 0 Å². The van der Waals surface area contributed by atoms with Crippen molar-refractivity contribution in [3.05, 3.63) is 55.2 Å². The van der Waals surface area contributed by atoms with Crippen molar-refractivity contribution >= 4 is 62.4 Å². The molecule has 3 aromatic rings. The van der Waals surface area contributed by atoms with E-state index in [0.717, 1.165) is 15.5 Å². The van der Waals surface area contributed by atoms with Crippen LogP contribution in [0.3, 0.4) is 0 Å². The molecule has 0 unspecified atom stereocenters. The molecule has 0 saturated carbocycles. The SMILES string of the molecule is N#Cc1cc(Br)ccc1-n1c(=S)[nH]c2cc(Cl)c(Cl)cc21. The Kier molecular flexibility index (Phi) is 3.80. The van der Waals surface area contributed by atoms with E-state index in [0.29, 0.717) is 26.1 Å². The molecule has 0 amide bonds. The molecule has 0 spiro atoms. The van der Waals surface area contributed by atoms with Crippen LogP contribution >= 0.6 is 51.3 Å². The molecule has 0 aliphatic heterocycles. The number of nitrogens with zero attached hydrogens (tertiary/aromatic N) is 2. The molecule has 0 radical (unpaired) electrons. The number of hydrogen-bond acceptors (Lipinski definition) is 2. The van der Waals surface area contributed by atoms with Crippen molar-refractivity contribution in [2.75, 3.05) is 0 Å². The van der Waals surface area contributed by atoms with E-state index in [1.807, 2.05) is 12.1 Å². The second-order valence-corrected chi connectivity index (χ2v) is 6.44. The van der Waals surface area contributed by atoms with Gasteiger partial charge in [0.25, 0.3) is 0 Å². The first-order valence-electron chi connectivity index (χ1n) is 5.81. The molecule has 0 aliphatic rings. The number of imidazole rings is 1. The molecule has 3 nitrogen and oxygen atoms in total. The van der Waals surface area contributed by atoms with Gasteiger partial charge in [-0.25, -0.2) is 0 Å². The third-order valence-corrected chi connectivity index (χ3v) is 4.54. The maximum Gasteiger partial charge on any atom is 0.182 e. The number of nitrogens with one attached hydrogen (secondary N) is 1. The summed E-state index contributed by atoms with van der Waals surface area (Å²) in [5.41, 5.74) is 2.73. The van der Waals surface area contributed by atoms with Crippen LogP contribution in [0.2, 0.25) is 10.0 Å². The Hall–Kier alpha value is -1.32. The van der Waals surface area contributed by atoms with Crippen molar-refractivity contribution in [1.82, 2.24) is 9.55 Å². The van der Waals surface area contributed by atoms with E-state index >= 15 is 0 Å². The quantitative estimate of drug-likeness (QED) is 0.540. The third-order valence-electron chi connectivity index (χ3n) is 3.04. The number of halogens is 3. The van der Waals surface area contributed by atoms with Gasteiger partial charge in [0.2, 0.25) is 0 Å². The van der Waals surface area contributed by atoms with Crippen molar-refractivity contribution < 1.29 is 0 Å². The summed E-state index contributed by atoms with van der Waals surface area (Å²) in [5, 5.41) is 10.2. The van der Waals surface area contributed by atoms with Crippen LogP contribution in [0, 0.1) is 16.1 Å². The largest absolute Gasteiger partial charge is 0.330 e. The van der Waals surface area contributed by atoms with Crippen LogP contribution in [-0.4, -0.2) is 9.55 Å². The van der Waals surface area contributed by atoms with Crippen molar-refractivity contribution in [3.8, 4) is 11.8 Å². The minimum Gasteiger partial charge on any atom is -0.330 e. The molecule has 1 N–H and O–H groups in total. The molecule has 0 atom stereocenters. The molecular weight excluding hydrogens is 393 g/mol. The van der Waals surface area contributed by atoms with Crippen LogP contribution in [0.15, 0.2) is 34.8 Å². The van der Waals surface area contributed by atoms with Crippen molar-refractivity contribution in [1.29, 1.82) is 5.26 Å². The van der Waals surface area contributed by atoms with Gasteiger partial charge in [0.05, 0.1) is 32.3 Å². The smallest absolute Gasteiger partial charge is 0.182 e. The van der Waals surface area contributed by atoms with Gasteiger partial charge in [-0.2, -0.15) is 5.26 Å². The molecule has 1 aromatic heterocycles. The predicted molar refractivity (Wildman–Crippen MR) is 90.9 cm³/mol. The van der Waals surface area contributed by atoms with Crippen LogP contribution in [0.25, 0.3) is 16.7 Å². The van der Waals surface area contributed by atoms with Crippen LogP contribution in [0.1, 0.15) is 5.56 Å². The highest BCUT2D eigenvalue weighted by Crippen LogP contribution is 2.30. The second kappa shape index (κ2) is 5.47. The fraction of sp³-hybridized carbons (Fsp3) is 0. The highest BCUT2D eigenvalue weighted by atomic mass is 79.9. The number of aromatic nitrogens is 2. The first-order chi connectivity index (χ1) is 10.0. The molecule has 1 heterocycles. The summed E-state index contributed by atoms with van der Waals surface area (Å²) >= 11 is 20.8.